The van der Waals surface area contributed by atoms with Crippen LogP contribution in [0.3, 0.4) is 0 Å². The Bertz CT molecular complexity index is 433. The smallest absolute Gasteiger partial charge is 0.127 e. The molecule has 0 spiro atoms. The molecule has 15 heavy (non-hydrogen) atoms. The molecular weight excluding hydrogens is 208 g/mol. The van der Waals surface area contributed by atoms with Crippen molar-refractivity contribution >= 4 is 11.3 Å². The van der Waals surface area contributed by atoms with Crippen LogP contribution < -0.4 is 5.32 Å². The van der Waals surface area contributed by atoms with Gasteiger partial charge in [-0.2, -0.15) is 0 Å². The molecule has 0 saturated carbocycles. The van der Waals surface area contributed by atoms with Gasteiger partial charge in [0.2, 0.25) is 0 Å². The van der Waals surface area contributed by atoms with E-state index in [0.717, 1.165) is 16.3 Å². The summed E-state index contributed by atoms with van der Waals surface area (Å²) >= 11 is 1.72. The number of aromatic nitrogens is 1. The lowest BCUT2D eigenvalue weighted by Crippen LogP contribution is -2.11. The maximum Gasteiger partial charge on any atom is 0.127 e. The summed E-state index contributed by atoms with van der Waals surface area (Å²) in [7, 11) is 1.96. The fourth-order valence-electron chi connectivity index (χ4n) is 1.45. The monoisotopic (exact) mass is 222 g/mol. The van der Waals surface area contributed by atoms with E-state index in [9.17, 15) is 0 Å². The van der Waals surface area contributed by atoms with Crippen molar-refractivity contribution in [3.63, 3.8) is 0 Å². The number of nitrogens with zero attached hydrogens (tertiary/aromatic N) is 1. The maximum absolute atomic E-state index is 5.06. The van der Waals surface area contributed by atoms with Gasteiger partial charge in [-0.05, 0) is 27.0 Å². The first-order valence-electron chi connectivity index (χ1n) is 4.89. The molecule has 0 aliphatic carbocycles. The topological polar surface area (TPSA) is 38.1 Å². The van der Waals surface area contributed by atoms with E-state index >= 15 is 0 Å². The van der Waals surface area contributed by atoms with E-state index < -0.39 is 0 Å². The van der Waals surface area contributed by atoms with E-state index in [1.54, 1.807) is 23.9 Å². The lowest BCUT2D eigenvalue weighted by molar-refractivity contribution is 0.568. The first kappa shape index (κ1) is 10.4. The van der Waals surface area contributed by atoms with Gasteiger partial charge in [0.15, 0.2) is 0 Å². The predicted octanol–water partition coefficient (Wildman–Crippen LogP) is 2.99. The number of hydrogen-bond acceptors (Lipinski definition) is 4. The summed E-state index contributed by atoms with van der Waals surface area (Å²) in [6.07, 6.45) is 3.40. The van der Waals surface area contributed by atoms with Gasteiger partial charge in [0.1, 0.15) is 11.3 Å². The molecule has 0 aliphatic heterocycles. The molecular formula is C11H14N2OS. The van der Waals surface area contributed by atoms with Gasteiger partial charge in [-0.25, -0.2) is 4.98 Å². The van der Waals surface area contributed by atoms with Gasteiger partial charge < -0.3 is 9.73 Å². The minimum Gasteiger partial charge on any atom is -0.472 e. The van der Waals surface area contributed by atoms with E-state index in [-0.39, 0.29) is 0 Å². The largest absolute Gasteiger partial charge is 0.472 e. The van der Waals surface area contributed by atoms with Gasteiger partial charge in [0, 0.05) is 16.5 Å². The van der Waals surface area contributed by atoms with Gasteiger partial charge in [-0.15, -0.1) is 11.3 Å². The first-order chi connectivity index (χ1) is 7.22. The Morgan fingerprint density at radius 1 is 1.53 bits per heavy atom. The van der Waals surface area contributed by atoms with Crippen LogP contribution in [0.15, 0.2) is 23.0 Å². The highest BCUT2D eigenvalue weighted by molar-refractivity contribution is 7.15. The molecule has 2 rings (SSSR count). The highest BCUT2D eigenvalue weighted by Gasteiger charge is 2.14. The number of aryl methyl sites for hydroxylation is 1. The molecule has 0 aliphatic rings. The molecule has 1 N–H and O–H groups in total. The summed E-state index contributed by atoms with van der Waals surface area (Å²) in [5.41, 5.74) is 2.15. The number of thiazole rings is 1. The molecule has 0 bridgehead atoms. The van der Waals surface area contributed by atoms with Crippen LogP contribution in [0.25, 0.3) is 10.6 Å². The molecule has 0 fully saturated rings. The van der Waals surface area contributed by atoms with Crippen molar-refractivity contribution in [1.29, 1.82) is 0 Å². The zero-order valence-electron chi connectivity index (χ0n) is 9.07. The van der Waals surface area contributed by atoms with E-state index in [2.05, 4.69) is 17.2 Å². The third kappa shape index (κ3) is 1.96. The van der Waals surface area contributed by atoms with Gasteiger partial charge in [-0.3, -0.25) is 0 Å². The third-order valence-electron chi connectivity index (χ3n) is 2.43. The second-order valence-corrected chi connectivity index (χ2v) is 4.52. The molecule has 0 radical (unpaired) electrons. The summed E-state index contributed by atoms with van der Waals surface area (Å²) in [5.74, 6) is 0. The maximum atomic E-state index is 5.06. The van der Waals surface area contributed by atoms with Gasteiger partial charge in [0.05, 0.1) is 12.0 Å². The van der Waals surface area contributed by atoms with Crippen LogP contribution in [0.5, 0.6) is 0 Å². The van der Waals surface area contributed by atoms with Crippen molar-refractivity contribution in [1.82, 2.24) is 10.3 Å². The van der Waals surface area contributed by atoms with Crippen LogP contribution in [0, 0.1) is 6.92 Å². The quantitative estimate of drug-likeness (QED) is 0.867. The fourth-order valence-corrected chi connectivity index (χ4v) is 2.56. The van der Waals surface area contributed by atoms with Crippen molar-refractivity contribution in [2.45, 2.75) is 19.9 Å². The van der Waals surface area contributed by atoms with Crippen LogP contribution in [0.4, 0.5) is 0 Å². The molecule has 2 aromatic heterocycles. The van der Waals surface area contributed by atoms with Gasteiger partial charge in [-0.1, -0.05) is 0 Å². The second kappa shape index (κ2) is 4.16. The number of nitrogens with one attached hydrogen (secondary N) is 1. The van der Waals surface area contributed by atoms with Crippen molar-refractivity contribution < 1.29 is 4.42 Å². The summed E-state index contributed by atoms with van der Waals surface area (Å²) < 4.78 is 5.06. The summed E-state index contributed by atoms with van der Waals surface area (Å²) in [5, 5.41) is 4.25. The Morgan fingerprint density at radius 2 is 2.33 bits per heavy atom. The lowest BCUT2D eigenvalue weighted by Gasteiger charge is -2.06. The molecule has 80 valence electrons. The normalized spacial score (nSPS) is 13.0. The van der Waals surface area contributed by atoms with Crippen molar-refractivity contribution in [3.05, 3.63) is 29.2 Å². The average molecular weight is 222 g/mol. The van der Waals surface area contributed by atoms with Crippen LogP contribution >= 0.6 is 11.3 Å². The van der Waals surface area contributed by atoms with Crippen molar-refractivity contribution in [2.75, 3.05) is 7.05 Å². The molecule has 3 nitrogen and oxygen atoms in total. The zero-order valence-corrected chi connectivity index (χ0v) is 9.89. The Labute approximate surface area is 93.2 Å². The van der Waals surface area contributed by atoms with E-state index in [1.165, 1.54) is 4.88 Å². The number of rotatable bonds is 3. The number of hydrogen-bond donors (Lipinski definition) is 1. The molecule has 2 aromatic rings. The minimum absolute atomic E-state index is 0.350. The fraction of sp³-hybridized carbons (Fsp3) is 0.364. The minimum atomic E-state index is 0.350. The number of furan rings is 1. The highest BCUT2D eigenvalue weighted by Crippen LogP contribution is 2.31. The molecule has 1 atom stereocenters. The van der Waals surface area contributed by atoms with Gasteiger partial charge >= 0.3 is 0 Å². The average Bonchev–Trinajstić information content (AvgIpc) is 2.84. The molecule has 0 amide bonds. The zero-order chi connectivity index (χ0) is 10.8. The van der Waals surface area contributed by atoms with E-state index in [4.69, 9.17) is 4.42 Å². The van der Waals surface area contributed by atoms with Crippen LogP contribution in [0.2, 0.25) is 0 Å². The Balaban J connectivity index is 2.37. The molecule has 2 heterocycles. The Kier molecular flexibility index (Phi) is 2.88. The van der Waals surface area contributed by atoms with Gasteiger partial charge in [0.25, 0.3) is 0 Å². The molecule has 0 aromatic carbocycles. The highest BCUT2D eigenvalue weighted by atomic mass is 32.1. The summed E-state index contributed by atoms with van der Waals surface area (Å²) in [6.45, 7) is 4.18. The summed E-state index contributed by atoms with van der Waals surface area (Å²) in [4.78, 5) is 5.83. The third-order valence-corrected chi connectivity index (χ3v) is 3.82. The SMILES string of the molecule is CNC(C)c1sc(-c2ccoc2)nc1C. The molecule has 4 heteroatoms. The molecule has 1 unspecified atom stereocenters. The predicted molar refractivity (Wildman–Crippen MR) is 62.0 cm³/mol. The van der Waals surface area contributed by atoms with Crippen LogP contribution in [-0.4, -0.2) is 12.0 Å². The van der Waals surface area contributed by atoms with Crippen LogP contribution in [-0.2, 0) is 0 Å². The van der Waals surface area contributed by atoms with E-state index in [1.807, 2.05) is 20.0 Å². The molecule has 0 saturated heterocycles. The first-order valence-corrected chi connectivity index (χ1v) is 5.71. The van der Waals surface area contributed by atoms with Crippen LogP contribution in [0.1, 0.15) is 23.5 Å². The summed E-state index contributed by atoms with van der Waals surface area (Å²) in [6, 6.07) is 2.29. The second-order valence-electron chi connectivity index (χ2n) is 3.49. The lowest BCUT2D eigenvalue weighted by atomic mass is 10.2. The Morgan fingerprint density at radius 3 is 2.93 bits per heavy atom. The van der Waals surface area contributed by atoms with E-state index in [0.29, 0.717) is 6.04 Å². The Hall–Kier alpha value is -1.13. The van der Waals surface area contributed by atoms with Crippen molar-refractivity contribution in [2.24, 2.45) is 0 Å². The standard InChI is InChI=1S/C11H14N2OS/c1-7(12-3)10-8(2)13-11(15-10)9-4-5-14-6-9/h4-7,12H,1-3H3. The van der Waals surface area contributed by atoms with Crippen molar-refractivity contribution in [3.8, 4) is 10.6 Å².